The standard InChI is InChI=1S/C21H23FN4O/c1-25-19(8-9-24-25)14-26-10-11-27-21(15-26)20-7-4-17(13-23-20)12-16-2-5-18(22)6-3-16/h2-9,13,21H,10-12,14-15H2,1H3. The molecule has 5 nitrogen and oxygen atoms in total. The van der Waals surface area contributed by atoms with Crippen LogP contribution in [-0.2, 0) is 24.8 Å². The molecule has 1 atom stereocenters. The summed E-state index contributed by atoms with van der Waals surface area (Å²) < 4.78 is 20.9. The van der Waals surface area contributed by atoms with E-state index in [1.54, 1.807) is 0 Å². The monoisotopic (exact) mass is 366 g/mol. The van der Waals surface area contributed by atoms with Gasteiger partial charge in [0.1, 0.15) is 11.9 Å². The Kier molecular flexibility index (Phi) is 5.27. The number of hydrogen-bond donors (Lipinski definition) is 0. The second-order valence-electron chi connectivity index (χ2n) is 6.94. The number of aromatic nitrogens is 3. The van der Waals surface area contributed by atoms with Crippen molar-refractivity contribution in [3.05, 3.63) is 83.2 Å². The molecule has 0 amide bonds. The Morgan fingerprint density at radius 3 is 2.63 bits per heavy atom. The number of halogens is 1. The molecule has 1 aliphatic rings. The van der Waals surface area contributed by atoms with Crippen LogP contribution < -0.4 is 0 Å². The van der Waals surface area contributed by atoms with Crippen LogP contribution in [-0.4, -0.2) is 39.4 Å². The Labute approximate surface area is 158 Å². The molecule has 0 bridgehead atoms. The van der Waals surface area contributed by atoms with Crippen molar-refractivity contribution in [3.63, 3.8) is 0 Å². The van der Waals surface area contributed by atoms with Crippen LogP contribution in [0.25, 0.3) is 0 Å². The summed E-state index contributed by atoms with van der Waals surface area (Å²) in [6.07, 6.45) is 4.44. The molecule has 2 aromatic heterocycles. The second-order valence-corrected chi connectivity index (χ2v) is 6.94. The number of nitrogens with zero attached hydrogens (tertiary/aromatic N) is 4. The number of morpholine rings is 1. The van der Waals surface area contributed by atoms with Crippen LogP contribution in [0.4, 0.5) is 4.39 Å². The summed E-state index contributed by atoms with van der Waals surface area (Å²) in [5.41, 5.74) is 4.32. The Balaban J connectivity index is 1.39. The summed E-state index contributed by atoms with van der Waals surface area (Å²) in [4.78, 5) is 7.00. The van der Waals surface area contributed by atoms with E-state index in [0.29, 0.717) is 6.61 Å². The number of rotatable bonds is 5. The van der Waals surface area contributed by atoms with Crippen LogP contribution in [0.15, 0.2) is 54.9 Å². The van der Waals surface area contributed by atoms with Crippen molar-refractivity contribution in [3.8, 4) is 0 Å². The summed E-state index contributed by atoms with van der Waals surface area (Å²) in [5.74, 6) is -0.211. The van der Waals surface area contributed by atoms with Crippen molar-refractivity contribution in [1.82, 2.24) is 19.7 Å². The molecule has 3 heterocycles. The minimum Gasteiger partial charge on any atom is -0.369 e. The zero-order valence-corrected chi connectivity index (χ0v) is 15.4. The molecule has 0 radical (unpaired) electrons. The van der Waals surface area contributed by atoms with Gasteiger partial charge in [-0.3, -0.25) is 14.6 Å². The van der Waals surface area contributed by atoms with Gasteiger partial charge in [-0.25, -0.2) is 4.39 Å². The molecular weight excluding hydrogens is 343 g/mol. The van der Waals surface area contributed by atoms with E-state index in [0.717, 1.165) is 42.9 Å². The lowest BCUT2D eigenvalue weighted by Crippen LogP contribution is -2.38. The predicted octanol–water partition coefficient (Wildman–Crippen LogP) is 3.12. The number of aryl methyl sites for hydroxylation is 1. The average Bonchev–Trinajstić information content (AvgIpc) is 3.09. The Morgan fingerprint density at radius 1 is 1.11 bits per heavy atom. The molecule has 4 rings (SSSR count). The highest BCUT2D eigenvalue weighted by molar-refractivity contribution is 5.26. The minimum absolute atomic E-state index is 0.0214. The zero-order chi connectivity index (χ0) is 18.6. The zero-order valence-electron chi connectivity index (χ0n) is 15.4. The van der Waals surface area contributed by atoms with E-state index in [9.17, 15) is 4.39 Å². The summed E-state index contributed by atoms with van der Waals surface area (Å²) in [7, 11) is 1.97. The first-order valence-corrected chi connectivity index (χ1v) is 9.17. The van der Waals surface area contributed by atoms with Crippen molar-refractivity contribution < 1.29 is 9.13 Å². The van der Waals surface area contributed by atoms with Gasteiger partial charge in [0.25, 0.3) is 0 Å². The molecular formula is C21H23FN4O. The highest BCUT2D eigenvalue weighted by Gasteiger charge is 2.23. The Bertz CT molecular complexity index is 876. The summed E-state index contributed by atoms with van der Waals surface area (Å²) >= 11 is 0. The number of benzene rings is 1. The highest BCUT2D eigenvalue weighted by Crippen LogP contribution is 2.22. The van der Waals surface area contributed by atoms with Crippen molar-refractivity contribution >= 4 is 0 Å². The molecule has 0 spiro atoms. The highest BCUT2D eigenvalue weighted by atomic mass is 19.1. The first-order valence-electron chi connectivity index (χ1n) is 9.17. The SMILES string of the molecule is Cn1nccc1CN1CCOC(c2ccc(Cc3ccc(F)cc3)cn2)C1. The average molecular weight is 366 g/mol. The second kappa shape index (κ2) is 7.98. The Hall–Kier alpha value is -2.57. The first-order chi connectivity index (χ1) is 13.2. The maximum Gasteiger partial charge on any atom is 0.123 e. The van der Waals surface area contributed by atoms with Crippen LogP contribution in [0.1, 0.15) is 28.6 Å². The van der Waals surface area contributed by atoms with Crippen LogP contribution in [0.2, 0.25) is 0 Å². The van der Waals surface area contributed by atoms with Crippen molar-refractivity contribution in [2.75, 3.05) is 19.7 Å². The minimum atomic E-state index is -0.211. The van der Waals surface area contributed by atoms with E-state index >= 15 is 0 Å². The van der Waals surface area contributed by atoms with E-state index < -0.39 is 0 Å². The van der Waals surface area contributed by atoms with Crippen molar-refractivity contribution in [2.45, 2.75) is 19.1 Å². The van der Waals surface area contributed by atoms with Gasteiger partial charge in [-0.2, -0.15) is 5.10 Å². The largest absolute Gasteiger partial charge is 0.369 e. The number of ether oxygens (including phenoxy) is 1. The van der Waals surface area contributed by atoms with Gasteiger partial charge in [-0.05, 0) is 41.8 Å². The lowest BCUT2D eigenvalue weighted by molar-refractivity contribution is -0.0356. The summed E-state index contributed by atoms with van der Waals surface area (Å²) in [6.45, 7) is 3.28. The van der Waals surface area contributed by atoms with Gasteiger partial charge in [0.05, 0.1) is 18.0 Å². The fourth-order valence-electron chi connectivity index (χ4n) is 3.38. The maximum atomic E-state index is 13.0. The third-order valence-electron chi connectivity index (χ3n) is 4.96. The molecule has 0 N–H and O–H groups in total. The molecule has 27 heavy (non-hydrogen) atoms. The summed E-state index contributed by atoms with van der Waals surface area (Å²) in [5, 5.41) is 4.23. The van der Waals surface area contributed by atoms with E-state index in [4.69, 9.17) is 4.74 Å². The fourth-order valence-corrected chi connectivity index (χ4v) is 3.38. The van der Waals surface area contributed by atoms with Gasteiger partial charge in [0.15, 0.2) is 0 Å². The smallest absolute Gasteiger partial charge is 0.123 e. The molecule has 3 aromatic rings. The van der Waals surface area contributed by atoms with E-state index in [2.05, 4.69) is 21.0 Å². The van der Waals surface area contributed by atoms with Crippen LogP contribution >= 0.6 is 0 Å². The number of pyridine rings is 1. The molecule has 1 aromatic carbocycles. The van der Waals surface area contributed by atoms with Gasteiger partial charge in [0.2, 0.25) is 0 Å². The predicted molar refractivity (Wildman–Crippen MR) is 101 cm³/mol. The fraction of sp³-hybridized carbons (Fsp3) is 0.333. The quantitative estimate of drug-likeness (QED) is 0.696. The molecule has 1 aliphatic heterocycles. The van der Waals surface area contributed by atoms with Gasteiger partial charge in [-0.15, -0.1) is 0 Å². The normalized spacial score (nSPS) is 17.9. The molecule has 1 unspecified atom stereocenters. The van der Waals surface area contributed by atoms with E-state index in [-0.39, 0.29) is 11.9 Å². The topological polar surface area (TPSA) is 43.2 Å². The lowest BCUT2D eigenvalue weighted by Gasteiger charge is -2.32. The van der Waals surface area contributed by atoms with Gasteiger partial charge < -0.3 is 4.74 Å². The Morgan fingerprint density at radius 2 is 1.93 bits per heavy atom. The first kappa shape index (κ1) is 17.8. The molecule has 1 fully saturated rings. The van der Waals surface area contributed by atoms with Crippen molar-refractivity contribution in [1.29, 1.82) is 0 Å². The summed E-state index contributed by atoms with van der Waals surface area (Å²) in [6, 6.07) is 12.8. The van der Waals surface area contributed by atoms with Crippen molar-refractivity contribution in [2.24, 2.45) is 7.05 Å². The van der Waals surface area contributed by atoms with Crippen LogP contribution in [0, 0.1) is 5.82 Å². The van der Waals surface area contributed by atoms with Crippen LogP contribution in [0.5, 0.6) is 0 Å². The third kappa shape index (κ3) is 4.40. The molecule has 140 valence electrons. The molecule has 1 saturated heterocycles. The lowest BCUT2D eigenvalue weighted by atomic mass is 10.1. The van der Waals surface area contributed by atoms with Gasteiger partial charge >= 0.3 is 0 Å². The van der Waals surface area contributed by atoms with Gasteiger partial charge in [-0.1, -0.05) is 18.2 Å². The molecule has 6 heteroatoms. The number of hydrogen-bond acceptors (Lipinski definition) is 4. The third-order valence-corrected chi connectivity index (χ3v) is 4.96. The molecule has 0 saturated carbocycles. The van der Waals surface area contributed by atoms with E-state index in [1.165, 1.54) is 17.8 Å². The maximum absolute atomic E-state index is 13.0. The van der Waals surface area contributed by atoms with Gasteiger partial charge in [0, 0.05) is 39.1 Å². The molecule has 0 aliphatic carbocycles. The van der Waals surface area contributed by atoms with E-state index in [1.807, 2.05) is 48.4 Å². The van der Waals surface area contributed by atoms with Crippen LogP contribution in [0.3, 0.4) is 0 Å².